The van der Waals surface area contributed by atoms with Gasteiger partial charge in [0.15, 0.2) is 0 Å². The Morgan fingerprint density at radius 3 is 2.21 bits per heavy atom. The predicted molar refractivity (Wildman–Crippen MR) is 148 cm³/mol. The smallest absolute Gasteiger partial charge is 0.0366 e. The highest BCUT2D eigenvalue weighted by Crippen LogP contribution is 2.28. The number of hydrogen-bond donors (Lipinski definition) is 0. The van der Waals surface area contributed by atoms with E-state index in [2.05, 4.69) is 85.7 Å². The first-order chi connectivity index (χ1) is 16.5. The standard InChI is InChI=1S/C32H46N2/c1-5-25(2)23-33-21-18-29(19-22-33)9-8-28-10-12-31(13-11-28)32-16-14-30(15-17-32)27(4)34-20-6-7-26(3)24-34/h10-17,25-26,29H,4-9,18-24H2,1-3H3. The molecule has 2 saturated heterocycles. The van der Waals surface area contributed by atoms with Gasteiger partial charge in [0.1, 0.15) is 0 Å². The Kier molecular flexibility index (Phi) is 8.89. The van der Waals surface area contributed by atoms with E-state index < -0.39 is 0 Å². The lowest BCUT2D eigenvalue weighted by Gasteiger charge is -2.34. The molecule has 2 aromatic carbocycles. The average molecular weight is 459 g/mol. The van der Waals surface area contributed by atoms with Crippen LogP contribution in [0.15, 0.2) is 55.1 Å². The molecule has 0 aromatic heterocycles. The van der Waals surface area contributed by atoms with Crippen molar-refractivity contribution in [3.8, 4) is 11.1 Å². The van der Waals surface area contributed by atoms with E-state index >= 15 is 0 Å². The van der Waals surface area contributed by atoms with Crippen molar-refractivity contribution in [3.05, 3.63) is 66.2 Å². The highest BCUT2D eigenvalue weighted by molar-refractivity contribution is 5.69. The van der Waals surface area contributed by atoms with Crippen molar-refractivity contribution in [2.75, 3.05) is 32.7 Å². The molecule has 4 rings (SSSR count). The second-order valence-corrected chi connectivity index (χ2v) is 11.2. The van der Waals surface area contributed by atoms with Crippen LogP contribution in [0.2, 0.25) is 0 Å². The molecule has 0 aliphatic carbocycles. The molecule has 2 fully saturated rings. The lowest BCUT2D eigenvalue weighted by atomic mass is 9.89. The summed E-state index contributed by atoms with van der Waals surface area (Å²) in [6, 6.07) is 18.3. The van der Waals surface area contributed by atoms with E-state index in [1.54, 1.807) is 0 Å². The fourth-order valence-corrected chi connectivity index (χ4v) is 5.73. The molecule has 34 heavy (non-hydrogen) atoms. The average Bonchev–Trinajstić information content (AvgIpc) is 2.88. The first kappa shape index (κ1) is 25.0. The van der Waals surface area contributed by atoms with Gasteiger partial charge in [-0.25, -0.2) is 0 Å². The summed E-state index contributed by atoms with van der Waals surface area (Å²) < 4.78 is 0. The largest absolute Gasteiger partial charge is 0.371 e. The molecule has 2 heteroatoms. The fraction of sp³-hybridized carbons (Fsp3) is 0.562. The van der Waals surface area contributed by atoms with Crippen molar-refractivity contribution in [3.63, 3.8) is 0 Å². The van der Waals surface area contributed by atoms with E-state index in [1.165, 1.54) is 92.5 Å². The van der Waals surface area contributed by atoms with Crippen molar-refractivity contribution in [1.82, 2.24) is 9.80 Å². The lowest BCUT2D eigenvalue weighted by molar-refractivity contribution is 0.159. The number of benzene rings is 2. The number of rotatable bonds is 9. The van der Waals surface area contributed by atoms with Crippen LogP contribution in [-0.4, -0.2) is 42.5 Å². The van der Waals surface area contributed by atoms with Gasteiger partial charge in [-0.3, -0.25) is 0 Å². The molecular formula is C32H46N2. The Hall–Kier alpha value is -2.06. The Bertz CT molecular complexity index is 890. The summed E-state index contributed by atoms with van der Waals surface area (Å²) in [6.45, 7) is 17.6. The van der Waals surface area contributed by atoms with Gasteiger partial charge in [0.05, 0.1) is 0 Å². The van der Waals surface area contributed by atoms with Gasteiger partial charge in [0.25, 0.3) is 0 Å². The molecule has 0 radical (unpaired) electrons. The van der Waals surface area contributed by atoms with Crippen LogP contribution in [0.3, 0.4) is 0 Å². The summed E-state index contributed by atoms with van der Waals surface area (Å²) in [6.07, 6.45) is 9.22. The third-order valence-electron chi connectivity index (χ3n) is 8.36. The molecule has 0 spiro atoms. The molecule has 0 saturated carbocycles. The maximum absolute atomic E-state index is 4.40. The van der Waals surface area contributed by atoms with Gasteiger partial charge in [-0.2, -0.15) is 0 Å². The van der Waals surface area contributed by atoms with Gasteiger partial charge in [-0.15, -0.1) is 0 Å². The third-order valence-corrected chi connectivity index (χ3v) is 8.36. The molecule has 0 bridgehead atoms. The minimum Gasteiger partial charge on any atom is -0.371 e. The van der Waals surface area contributed by atoms with Crippen LogP contribution in [0.25, 0.3) is 16.8 Å². The molecule has 2 aliphatic rings. The summed E-state index contributed by atoms with van der Waals surface area (Å²) in [5, 5.41) is 0. The number of piperidine rings is 2. The van der Waals surface area contributed by atoms with Crippen LogP contribution in [0, 0.1) is 17.8 Å². The quantitative estimate of drug-likeness (QED) is 0.379. The first-order valence-corrected chi connectivity index (χ1v) is 13.9. The molecule has 184 valence electrons. The maximum atomic E-state index is 4.40. The van der Waals surface area contributed by atoms with Gasteiger partial charge >= 0.3 is 0 Å². The third kappa shape index (κ3) is 6.75. The van der Waals surface area contributed by atoms with Crippen LogP contribution in [0.1, 0.15) is 70.4 Å². The van der Waals surface area contributed by atoms with Gasteiger partial charge in [-0.1, -0.05) is 82.3 Å². The molecule has 0 amide bonds. The van der Waals surface area contributed by atoms with E-state index in [0.29, 0.717) is 0 Å². The van der Waals surface area contributed by atoms with E-state index in [9.17, 15) is 0 Å². The number of hydrogen-bond acceptors (Lipinski definition) is 2. The number of nitrogens with zero attached hydrogens (tertiary/aromatic N) is 2. The van der Waals surface area contributed by atoms with Crippen LogP contribution in [0.5, 0.6) is 0 Å². The molecule has 2 nitrogen and oxygen atoms in total. The Morgan fingerprint density at radius 1 is 0.941 bits per heavy atom. The summed E-state index contributed by atoms with van der Waals surface area (Å²) >= 11 is 0. The Balaban J connectivity index is 1.25. The molecule has 2 aliphatic heterocycles. The highest BCUT2D eigenvalue weighted by atomic mass is 15.1. The second-order valence-electron chi connectivity index (χ2n) is 11.2. The SMILES string of the molecule is C=C(c1ccc(-c2ccc(CCC3CCN(CC(C)CC)CC3)cc2)cc1)N1CCCC(C)C1. The Labute approximate surface area is 209 Å². The predicted octanol–water partition coefficient (Wildman–Crippen LogP) is 7.75. The Morgan fingerprint density at radius 2 is 1.59 bits per heavy atom. The van der Waals surface area contributed by atoms with Crippen LogP contribution < -0.4 is 0 Å². The van der Waals surface area contributed by atoms with Gasteiger partial charge in [0, 0.05) is 25.3 Å². The zero-order valence-corrected chi connectivity index (χ0v) is 21.9. The number of aryl methyl sites for hydroxylation is 1. The molecule has 2 aromatic rings. The summed E-state index contributed by atoms with van der Waals surface area (Å²) in [7, 11) is 0. The van der Waals surface area contributed by atoms with E-state index in [-0.39, 0.29) is 0 Å². The van der Waals surface area contributed by atoms with Gasteiger partial charge in [-0.05, 0) is 91.6 Å². The monoisotopic (exact) mass is 458 g/mol. The van der Waals surface area contributed by atoms with Gasteiger partial charge in [0.2, 0.25) is 0 Å². The van der Waals surface area contributed by atoms with Crippen molar-refractivity contribution in [2.45, 2.75) is 65.7 Å². The highest BCUT2D eigenvalue weighted by Gasteiger charge is 2.20. The zero-order chi connectivity index (χ0) is 23.9. The molecular weight excluding hydrogens is 412 g/mol. The molecule has 2 atom stereocenters. The van der Waals surface area contributed by atoms with E-state index in [4.69, 9.17) is 0 Å². The molecule has 0 N–H and O–H groups in total. The maximum Gasteiger partial charge on any atom is 0.0366 e. The van der Waals surface area contributed by atoms with Crippen LogP contribution in [-0.2, 0) is 6.42 Å². The summed E-state index contributed by atoms with van der Waals surface area (Å²) in [5.41, 5.74) is 6.52. The van der Waals surface area contributed by atoms with E-state index in [1.807, 2.05) is 0 Å². The summed E-state index contributed by atoms with van der Waals surface area (Å²) in [4.78, 5) is 5.15. The van der Waals surface area contributed by atoms with Crippen molar-refractivity contribution in [1.29, 1.82) is 0 Å². The lowest BCUT2D eigenvalue weighted by Crippen LogP contribution is -2.36. The van der Waals surface area contributed by atoms with E-state index in [0.717, 1.165) is 30.8 Å². The summed E-state index contributed by atoms with van der Waals surface area (Å²) in [5.74, 6) is 2.51. The second kappa shape index (κ2) is 12.1. The van der Waals surface area contributed by atoms with Crippen molar-refractivity contribution < 1.29 is 0 Å². The minimum atomic E-state index is 0.769. The zero-order valence-electron chi connectivity index (χ0n) is 21.9. The van der Waals surface area contributed by atoms with Gasteiger partial charge < -0.3 is 9.80 Å². The topological polar surface area (TPSA) is 6.48 Å². The van der Waals surface area contributed by atoms with Crippen LogP contribution >= 0.6 is 0 Å². The number of likely N-dealkylation sites (tertiary alicyclic amines) is 2. The molecule has 2 unspecified atom stereocenters. The minimum absolute atomic E-state index is 0.769. The van der Waals surface area contributed by atoms with Crippen molar-refractivity contribution in [2.24, 2.45) is 17.8 Å². The normalized spacial score (nSPS) is 20.9. The first-order valence-electron chi connectivity index (χ1n) is 13.9. The van der Waals surface area contributed by atoms with Crippen LogP contribution in [0.4, 0.5) is 0 Å². The van der Waals surface area contributed by atoms with Crippen molar-refractivity contribution >= 4 is 5.70 Å². The fourth-order valence-electron chi connectivity index (χ4n) is 5.73. The molecule has 2 heterocycles.